The van der Waals surface area contributed by atoms with Crippen molar-refractivity contribution in [2.75, 3.05) is 4.90 Å². The fraction of sp³-hybridized carbons (Fsp3) is 0.324. The Hall–Kier alpha value is -3.71. The molecule has 5 aliphatic rings. The topological polar surface area (TPSA) is 75.7 Å². The maximum Gasteiger partial charge on any atom is 0.335 e. The number of nitrogens with one attached hydrogen (secondary N) is 1. The number of urea groups is 1. The number of hydrogen-bond acceptors (Lipinski definition) is 4. The van der Waals surface area contributed by atoms with E-state index in [9.17, 15) is 14.4 Å². The first kappa shape index (κ1) is 26.2. The van der Waals surface area contributed by atoms with Crippen molar-refractivity contribution in [3.63, 3.8) is 0 Å². The normalized spacial score (nSPS) is 27.8. The van der Waals surface area contributed by atoms with Crippen LogP contribution in [0.25, 0.3) is 6.08 Å². The van der Waals surface area contributed by atoms with Crippen molar-refractivity contribution in [2.24, 2.45) is 17.8 Å². The van der Waals surface area contributed by atoms with Gasteiger partial charge in [-0.2, -0.15) is 0 Å². The van der Waals surface area contributed by atoms with E-state index < -0.39 is 17.8 Å². The monoisotopic (exact) mass is 610 g/mol. The molecule has 0 radical (unpaired) electrons. The van der Waals surface area contributed by atoms with Gasteiger partial charge in [-0.1, -0.05) is 52.3 Å². The highest BCUT2D eigenvalue weighted by atomic mass is 79.9. The van der Waals surface area contributed by atoms with Crippen molar-refractivity contribution in [3.05, 3.63) is 99.5 Å². The minimum Gasteiger partial charge on any atom is -0.489 e. The van der Waals surface area contributed by atoms with Gasteiger partial charge in [0.15, 0.2) is 0 Å². The van der Waals surface area contributed by atoms with E-state index in [4.69, 9.17) is 4.74 Å². The Morgan fingerprint density at radius 3 is 2.05 bits per heavy atom. The Kier molecular flexibility index (Phi) is 6.57. The molecule has 0 unspecified atom stereocenters. The molecule has 0 spiro atoms. The molecule has 1 N–H and O–H groups in total. The highest BCUT2D eigenvalue weighted by molar-refractivity contribution is 9.10. The molecule has 1 saturated heterocycles. The summed E-state index contributed by atoms with van der Waals surface area (Å²) in [6, 6.07) is 22.2. The van der Waals surface area contributed by atoms with Crippen molar-refractivity contribution >= 4 is 45.5 Å². The first-order valence-electron chi connectivity index (χ1n) is 14.3. The van der Waals surface area contributed by atoms with Gasteiger partial charge in [-0.15, -0.1) is 0 Å². The van der Waals surface area contributed by atoms with Gasteiger partial charge in [0.1, 0.15) is 17.9 Å². The van der Waals surface area contributed by atoms with Gasteiger partial charge in [-0.25, -0.2) is 9.69 Å². The molecule has 8 rings (SSSR count). The molecule has 1 heterocycles. The summed E-state index contributed by atoms with van der Waals surface area (Å²) in [4.78, 5) is 40.0. The van der Waals surface area contributed by atoms with Crippen molar-refractivity contribution in [1.82, 2.24) is 5.32 Å². The van der Waals surface area contributed by atoms with Crippen LogP contribution in [-0.2, 0) is 21.6 Å². The smallest absolute Gasteiger partial charge is 0.335 e. The van der Waals surface area contributed by atoms with E-state index in [1.54, 1.807) is 24.3 Å². The predicted octanol–water partition coefficient (Wildman–Crippen LogP) is 7.16. The third kappa shape index (κ3) is 5.01. The van der Waals surface area contributed by atoms with Crippen LogP contribution >= 0.6 is 15.9 Å². The van der Waals surface area contributed by atoms with Crippen LogP contribution < -0.4 is 15.0 Å². The van der Waals surface area contributed by atoms with Crippen molar-refractivity contribution in [2.45, 2.75) is 50.5 Å². The minimum absolute atomic E-state index is 0.0849. The van der Waals surface area contributed by atoms with Gasteiger partial charge in [0.25, 0.3) is 11.8 Å². The van der Waals surface area contributed by atoms with Gasteiger partial charge in [-0.3, -0.25) is 14.9 Å². The molecular formula is C34H31BrN2O4. The molecule has 3 aromatic rings. The van der Waals surface area contributed by atoms with Gasteiger partial charge < -0.3 is 4.74 Å². The lowest BCUT2D eigenvalue weighted by atomic mass is 9.48. The van der Waals surface area contributed by atoms with Crippen LogP contribution in [0.5, 0.6) is 5.75 Å². The van der Waals surface area contributed by atoms with E-state index in [1.165, 1.54) is 50.2 Å². The number of carbonyl (C=O) groups is 3. The molecule has 1 aliphatic heterocycles. The molecule has 6 nitrogen and oxygen atoms in total. The molecule has 208 valence electrons. The molecular weight excluding hydrogens is 580 g/mol. The Bertz CT molecular complexity index is 1510. The molecule has 7 heteroatoms. The molecule has 5 fully saturated rings. The van der Waals surface area contributed by atoms with Crippen LogP contribution in [0.3, 0.4) is 0 Å². The van der Waals surface area contributed by atoms with E-state index in [-0.39, 0.29) is 11.0 Å². The molecule has 4 saturated carbocycles. The van der Waals surface area contributed by atoms with E-state index in [2.05, 4.69) is 33.4 Å². The van der Waals surface area contributed by atoms with Crippen molar-refractivity contribution < 1.29 is 19.1 Å². The zero-order chi connectivity index (χ0) is 28.1. The van der Waals surface area contributed by atoms with E-state index in [0.29, 0.717) is 23.6 Å². The summed E-state index contributed by atoms with van der Waals surface area (Å²) in [5.74, 6) is 1.85. The summed E-state index contributed by atoms with van der Waals surface area (Å²) in [7, 11) is 0. The second kappa shape index (κ2) is 10.3. The zero-order valence-corrected chi connectivity index (χ0v) is 24.2. The van der Waals surface area contributed by atoms with E-state index >= 15 is 0 Å². The number of barbiturate groups is 1. The largest absolute Gasteiger partial charge is 0.489 e. The lowest BCUT2D eigenvalue weighted by molar-refractivity contribution is -0.122. The second-order valence-corrected chi connectivity index (χ2v) is 13.1. The summed E-state index contributed by atoms with van der Waals surface area (Å²) in [6.45, 7) is 0.424. The average molecular weight is 612 g/mol. The molecule has 0 atom stereocenters. The third-order valence-corrected chi connectivity index (χ3v) is 9.92. The lowest BCUT2D eigenvalue weighted by Crippen LogP contribution is -2.54. The number of carbonyl (C=O) groups excluding carboxylic acids is 3. The van der Waals surface area contributed by atoms with E-state index in [1.807, 2.05) is 36.4 Å². The quantitative estimate of drug-likeness (QED) is 0.237. The summed E-state index contributed by atoms with van der Waals surface area (Å²) in [6.07, 6.45) is 9.39. The number of nitrogens with zero attached hydrogens (tertiary/aromatic N) is 1. The number of anilines is 1. The van der Waals surface area contributed by atoms with Crippen LogP contribution in [0, 0.1) is 17.8 Å². The fourth-order valence-corrected chi connectivity index (χ4v) is 8.16. The molecule has 4 bridgehead atoms. The first-order chi connectivity index (χ1) is 19.8. The van der Waals surface area contributed by atoms with Crippen molar-refractivity contribution in [3.8, 4) is 5.75 Å². The van der Waals surface area contributed by atoms with Gasteiger partial charge in [-0.05, 0) is 121 Å². The number of benzene rings is 3. The second-order valence-electron chi connectivity index (χ2n) is 12.2. The molecule has 0 aromatic heterocycles. The maximum atomic E-state index is 13.5. The molecule has 4 aliphatic carbocycles. The first-order valence-corrected chi connectivity index (χ1v) is 15.1. The Morgan fingerprint density at radius 2 is 1.44 bits per heavy atom. The highest BCUT2D eigenvalue weighted by Crippen LogP contribution is 2.60. The Balaban J connectivity index is 1.07. The van der Waals surface area contributed by atoms with Crippen molar-refractivity contribution in [1.29, 1.82) is 0 Å². The summed E-state index contributed by atoms with van der Waals surface area (Å²) >= 11 is 3.43. The van der Waals surface area contributed by atoms with Crippen LogP contribution in [0.2, 0.25) is 0 Å². The van der Waals surface area contributed by atoms with Crippen LogP contribution in [0.1, 0.15) is 55.2 Å². The third-order valence-electron chi connectivity index (χ3n) is 9.39. The summed E-state index contributed by atoms with van der Waals surface area (Å²) in [5.41, 5.74) is 3.63. The highest BCUT2D eigenvalue weighted by Gasteiger charge is 2.51. The lowest BCUT2D eigenvalue weighted by Gasteiger charge is -2.57. The summed E-state index contributed by atoms with van der Waals surface area (Å²) < 4.78 is 6.87. The van der Waals surface area contributed by atoms with Gasteiger partial charge in [0, 0.05) is 4.47 Å². The fourth-order valence-electron chi connectivity index (χ4n) is 7.89. The summed E-state index contributed by atoms with van der Waals surface area (Å²) in [5, 5.41) is 2.34. The zero-order valence-electron chi connectivity index (χ0n) is 22.6. The SMILES string of the molecule is O=C1NC(=O)N(c2ccc(C34CC5CC(CC(C5)C3)C4)cc2)C(=O)/C1=C/c1ccc(OCc2ccc(Br)cc2)cc1. The number of halogens is 1. The molecule has 41 heavy (non-hydrogen) atoms. The van der Waals surface area contributed by atoms with Gasteiger partial charge in [0.2, 0.25) is 0 Å². The number of imide groups is 2. The minimum atomic E-state index is -0.726. The molecule has 3 aromatic carbocycles. The Morgan fingerprint density at radius 1 is 0.829 bits per heavy atom. The predicted molar refractivity (Wildman–Crippen MR) is 160 cm³/mol. The molecule has 4 amide bonds. The number of rotatable bonds is 6. The average Bonchev–Trinajstić information content (AvgIpc) is 2.95. The van der Waals surface area contributed by atoms with Crippen LogP contribution in [0.15, 0.2) is 82.8 Å². The van der Waals surface area contributed by atoms with Gasteiger partial charge in [0.05, 0.1) is 5.69 Å². The van der Waals surface area contributed by atoms with Crippen LogP contribution in [0.4, 0.5) is 10.5 Å². The maximum absolute atomic E-state index is 13.5. The Labute approximate surface area is 247 Å². The van der Waals surface area contributed by atoms with Gasteiger partial charge >= 0.3 is 6.03 Å². The number of ether oxygens (including phenoxy) is 1. The number of amides is 4. The van der Waals surface area contributed by atoms with E-state index in [0.717, 1.165) is 32.7 Å². The van der Waals surface area contributed by atoms with Crippen LogP contribution in [-0.4, -0.2) is 17.8 Å². The standard InChI is InChI=1S/C34H31BrN2O4/c35-27-7-1-22(2-8-27)20-41-29-11-3-21(4-12-29)16-30-31(38)36-33(40)37(32(30)39)28-9-5-26(6-10-28)34-17-23-13-24(18-34)15-25(14-23)19-34/h1-12,16,23-25H,13-15,17-20H2,(H,36,38,40)/b30-16+. The number of hydrogen-bond donors (Lipinski definition) is 1.